The van der Waals surface area contributed by atoms with Crippen LogP contribution in [-0.2, 0) is 13.1 Å². The number of halogens is 1. The molecule has 7 heteroatoms. The Labute approximate surface area is 144 Å². The van der Waals surface area contributed by atoms with Gasteiger partial charge in [0.05, 0.1) is 6.04 Å². The molecule has 0 bridgehead atoms. The maximum absolute atomic E-state index is 4.55. The third kappa shape index (κ3) is 3.90. The minimum Gasteiger partial charge on any atom is -0.352 e. The highest BCUT2D eigenvalue weighted by molar-refractivity contribution is 9.10. The van der Waals surface area contributed by atoms with Gasteiger partial charge in [-0.25, -0.2) is 9.67 Å². The zero-order valence-corrected chi connectivity index (χ0v) is 15.0. The molecule has 0 fully saturated rings. The second kappa shape index (κ2) is 7.12. The molecule has 1 aromatic carbocycles. The first-order chi connectivity index (χ1) is 11.2. The lowest BCUT2D eigenvalue weighted by atomic mass is 10.1. The number of aromatic nitrogens is 3. The van der Waals surface area contributed by atoms with E-state index >= 15 is 0 Å². The van der Waals surface area contributed by atoms with Crippen molar-refractivity contribution in [3.63, 3.8) is 0 Å². The molecule has 0 amide bonds. The third-order valence-corrected chi connectivity index (χ3v) is 4.42. The number of hydrogen-bond acceptors (Lipinski definition) is 3. The van der Waals surface area contributed by atoms with Crippen molar-refractivity contribution in [2.75, 3.05) is 7.05 Å². The number of nitrogens with one attached hydrogen (secondary N) is 2. The van der Waals surface area contributed by atoms with Crippen LogP contribution >= 0.6 is 15.9 Å². The SMILES string of the molecule is CN=C(NCc1ccc(Br)cc1)NC1CCCn2nc(C)nc21. The van der Waals surface area contributed by atoms with Gasteiger partial charge in [0.25, 0.3) is 0 Å². The summed E-state index contributed by atoms with van der Waals surface area (Å²) in [6.07, 6.45) is 2.13. The highest BCUT2D eigenvalue weighted by Crippen LogP contribution is 2.22. The van der Waals surface area contributed by atoms with Crippen LogP contribution in [0.2, 0.25) is 0 Å². The number of hydrogen-bond donors (Lipinski definition) is 2. The van der Waals surface area contributed by atoms with Crippen LogP contribution in [0.1, 0.15) is 36.1 Å². The predicted molar refractivity (Wildman–Crippen MR) is 94.2 cm³/mol. The fraction of sp³-hybridized carbons (Fsp3) is 0.438. The molecule has 1 aliphatic heterocycles. The average Bonchev–Trinajstić information content (AvgIpc) is 2.94. The van der Waals surface area contributed by atoms with E-state index in [2.05, 4.69) is 53.8 Å². The molecular formula is C16H21BrN6. The van der Waals surface area contributed by atoms with Crippen molar-refractivity contribution in [3.05, 3.63) is 46.0 Å². The number of aryl methyl sites for hydroxylation is 2. The Hall–Kier alpha value is -1.89. The number of benzene rings is 1. The Bertz CT molecular complexity index is 691. The summed E-state index contributed by atoms with van der Waals surface area (Å²) >= 11 is 3.45. The topological polar surface area (TPSA) is 67.1 Å². The van der Waals surface area contributed by atoms with E-state index in [0.29, 0.717) is 0 Å². The van der Waals surface area contributed by atoms with Crippen molar-refractivity contribution in [2.24, 2.45) is 4.99 Å². The summed E-state index contributed by atoms with van der Waals surface area (Å²) in [5.41, 5.74) is 1.21. The molecule has 2 N–H and O–H groups in total. The molecule has 0 saturated carbocycles. The lowest BCUT2D eigenvalue weighted by molar-refractivity contribution is 0.397. The van der Waals surface area contributed by atoms with Crippen molar-refractivity contribution in [1.29, 1.82) is 0 Å². The van der Waals surface area contributed by atoms with Crippen molar-refractivity contribution in [2.45, 2.75) is 38.9 Å². The minimum absolute atomic E-state index is 0.154. The van der Waals surface area contributed by atoms with Crippen molar-refractivity contribution < 1.29 is 0 Å². The van der Waals surface area contributed by atoms with Crippen molar-refractivity contribution in [3.8, 4) is 0 Å². The van der Waals surface area contributed by atoms with E-state index in [4.69, 9.17) is 0 Å². The molecule has 1 aliphatic rings. The highest BCUT2D eigenvalue weighted by atomic mass is 79.9. The summed E-state index contributed by atoms with van der Waals surface area (Å²) in [5.74, 6) is 2.61. The normalized spacial score (nSPS) is 17.7. The van der Waals surface area contributed by atoms with Gasteiger partial charge in [0, 0.05) is 24.6 Å². The Balaban J connectivity index is 1.63. The van der Waals surface area contributed by atoms with E-state index in [1.807, 2.05) is 23.7 Å². The van der Waals surface area contributed by atoms with Crippen LogP contribution in [0.5, 0.6) is 0 Å². The molecule has 1 aromatic heterocycles. The molecule has 1 unspecified atom stereocenters. The smallest absolute Gasteiger partial charge is 0.191 e. The first-order valence-electron chi connectivity index (χ1n) is 7.78. The molecule has 0 radical (unpaired) electrons. The summed E-state index contributed by atoms with van der Waals surface area (Å²) < 4.78 is 3.08. The summed E-state index contributed by atoms with van der Waals surface area (Å²) in [4.78, 5) is 8.87. The fourth-order valence-electron chi connectivity index (χ4n) is 2.75. The second-order valence-electron chi connectivity index (χ2n) is 5.63. The summed E-state index contributed by atoms with van der Waals surface area (Å²) in [5, 5.41) is 11.3. The Morgan fingerprint density at radius 3 is 2.91 bits per heavy atom. The molecule has 2 heterocycles. The van der Waals surface area contributed by atoms with E-state index in [1.54, 1.807) is 7.05 Å². The van der Waals surface area contributed by atoms with Gasteiger partial charge in [-0.15, -0.1) is 0 Å². The molecule has 2 aromatic rings. The molecule has 0 aliphatic carbocycles. The van der Waals surface area contributed by atoms with Gasteiger partial charge >= 0.3 is 0 Å². The van der Waals surface area contributed by atoms with E-state index in [-0.39, 0.29) is 6.04 Å². The molecule has 122 valence electrons. The van der Waals surface area contributed by atoms with Gasteiger partial charge in [-0.1, -0.05) is 28.1 Å². The van der Waals surface area contributed by atoms with Crippen molar-refractivity contribution in [1.82, 2.24) is 25.4 Å². The van der Waals surface area contributed by atoms with Crippen LogP contribution in [0.3, 0.4) is 0 Å². The first kappa shape index (κ1) is 16.0. The van der Waals surface area contributed by atoms with E-state index in [1.165, 1.54) is 5.56 Å². The largest absolute Gasteiger partial charge is 0.352 e. The number of fused-ring (bicyclic) bond motifs is 1. The zero-order valence-electron chi connectivity index (χ0n) is 13.4. The molecule has 3 rings (SSSR count). The third-order valence-electron chi connectivity index (χ3n) is 3.89. The van der Waals surface area contributed by atoms with Gasteiger partial charge in [0.1, 0.15) is 11.6 Å². The summed E-state index contributed by atoms with van der Waals surface area (Å²) in [7, 11) is 1.79. The summed E-state index contributed by atoms with van der Waals surface area (Å²) in [6, 6.07) is 8.41. The number of aliphatic imine (C=N–C) groups is 1. The van der Waals surface area contributed by atoms with Gasteiger partial charge in [0.2, 0.25) is 0 Å². The van der Waals surface area contributed by atoms with Crippen LogP contribution in [0, 0.1) is 6.92 Å². The van der Waals surface area contributed by atoms with Crippen LogP contribution in [0.15, 0.2) is 33.7 Å². The average molecular weight is 377 g/mol. The Morgan fingerprint density at radius 1 is 1.39 bits per heavy atom. The highest BCUT2D eigenvalue weighted by Gasteiger charge is 2.24. The molecule has 1 atom stereocenters. The monoisotopic (exact) mass is 376 g/mol. The van der Waals surface area contributed by atoms with Gasteiger partial charge in [-0.3, -0.25) is 4.99 Å². The van der Waals surface area contributed by atoms with E-state index in [9.17, 15) is 0 Å². The van der Waals surface area contributed by atoms with Crippen LogP contribution in [0.25, 0.3) is 0 Å². The van der Waals surface area contributed by atoms with E-state index < -0.39 is 0 Å². The minimum atomic E-state index is 0.154. The van der Waals surface area contributed by atoms with Gasteiger partial charge in [-0.05, 0) is 37.5 Å². The second-order valence-corrected chi connectivity index (χ2v) is 6.55. The maximum atomic E-state index is 4.55. The summed E-state index contributed by atoms with van der Waals surface area (Å²) in [6.45, 7) is 3.60. The van der Waals surface area contributed by atoms with Gasteiger partial charge in [-0.2, -0.15) is 5.10 Å². The fourth-order valence-corrected chi connectivity index (χ4v) is 3.02. The van der Waals surface area contributed by atoms with Crippen LogP contribution < -0.4 is 10.6 Å². The van der Waals surface area contributed by atoms with Gasteiger partial charge < -0.3 is 10.6 Å². The number of nitrogens with zero attached hydrogens (tertiary/aromatic N) is 4. The first-order valence-corrected chi connectivity index (χ1v) is 8.58. The molecule has 0 saturated heterocycles. The molecular weight excluding hydrogens is 356 g/mol. The lowest BCUT2D eigenvalue weighted by Gasteiger charge is -2.25. The molecule has 23 heavy (non-hydrogen) atoms. The quantitative estimate of drug-likeness (QED) is 0.637. The number of rotatable bonds is 3. The maximum Gasteiger partial charge on any atom is 0.191 e. The Kier molecular flexibility index (Phi) is 4.95. The number of guanidine groups is 1. The van der Waals surface area contributed by atoms with Crippen LogP contribution in [0.4, 0.5) is 0 Å². The lowest BCUT2D eigenvalue weighted by Crippen LogP contribution is -2.41. The van der Waals surface area contributed by atoms with Crippen molar-refractivity contribution >= 4 is 21.9 Å². The van der Waals surface area contributed by atoms with Crippen LogP contribution in [-0.4, -0.2) is 27.8 Å². The Morgan fingerprint density at radius 2 is 2.17 bits per heavy atom. The zero-order chi connectivity index (χ0) is 16.2. The standard InChI is InChI=1S/C16H21BrN6/c1-11-20-15-14(4-3-9-23(15)22-11)21-16(18-2)19-10-12-5-7-13(17)8-6-12/h5-8,14H,3-4,9-10H2,1-2H3,(H2,18,19,21). The molecule has 0 spiro atoms. The van der Waals surface area contributed by atoms with Gasteiger partial charge in [0.15, 0.2) is 5.96 Å². The molecule has 6 nitrogen and oxygen atoms in total. The predicted octanol–water partition coefficient (Wildman–Crippen LogP) is 2.55. The van der Waals surface area contributed by atoms with E-state index in [0.717, 1.165) is 48.0 Å².